The van der Waals surface area contributed by atoms with E-state index in [1.165, 1.54) is 19.5 Å². The summed E-state index contributed by atoms with van der Waals surface area (Å²) in [5.74, 6) is -0.760. The van der Waals surface area contributed by atoms with Crippen LogP contribution in [0.15, 0.2) is 36.7 Å². The van der Waals surface area contributed by atoms with Crippen molar-refractivity contribution in [2.75, 3.05) is 86.3 Å². The highest BCUT2D eigenvalue weighted by molar-refractivity contribution is 5.95. The van der Waals surface area contributed by atoms with Crippen LogP contribution in [-0.4, -0.2) is 120 Å². The number of carbonyl (C=O) groups excluding carboxylic acids is 3. The molecule has 0 aliphatic rings. The van der Waals surface area contributed by atoms with E-state index in [4.69, 9.17) is 33.2 Å². The molecule has 44 heavy (non-hydrogen) atoms. The molecule has 0 saturated heterocycles. The molecule has 2 aromatic heterocycles. The van der Waals surface area contributed by atoms with Gasteiger partial charge in [-0.25, -0.2) is 9.59 Å². The van der Waals surface area contributed by atoms with E-state index >= 15 is 0 Å². The number of methoxy groups -OCH3 is 1. The first-order chi connectivity index (χ1) is 21.2. The van der Waals surface area contributed by atoms with Crippen LogP contribution in [0.4, 0.5) is 4.79 Å². The van der Waals surface area contributed by atoms with Gasteiger partial charge in [0.2, 0.25) is 0 Å². The molecule has 0 fully saturated rings. The zero-order valence-electron chi connectivity index (χ0n) is 25.9. The molecular weight excluding hydrogens is 576 g/mol. The van der Waals surface area contributed by atoms with Crippen LogP contribution in [0.3, 0.4) is 0 Å². The summed E-state index contributed by atoms with van der Waals surface area (Å²) in [6.07, 6.45) is 2.53. The van der Waals surface area contributed by atoms with Crippen molar-refractivity contribution in [2.45, 2.75) is 26.4 Å². The maximum Gasteiger partial charge on any atom is 0.407 e. The van der Waals surface area contributed by atoms with E-state index in [1.807, 2.05) is 0 Å². The number of carbonyl (C=O) groups is 3. The summed E-state index contributed by atoms with van der Waals surface area (Å²) < 4.78 is 37.1. The number of amides is 2. The summed E-state index contributed by atoms with van der Waals surface area (Å²) in [5, 5.41) is 5.41. The number of rotatable bonds is 21. The lowest BCUT2D eigenvalue weighted by Crippen LogP contribution is -2.34. The fourth-order valence-corrected chi connectivity index (χ4v) is 3.39. The molecule has 14 nitrogen and oxygen atoms in total. The van der Waals surface area contributed by atoms with Crippen molar-refractivity contribution in [2.24, 2.45) is 0 Å². The molecule has 244 valence electrons. The van der Waals surface area contributed by atoms with Gasteiger partial charge in [0, 0.05) is 31.0 Å². The van der Waals surface area contributed by atoms with Crippen LogP contribution in [0.25, 0.3) is 11.4 Å². The number of nitrogens with zero attached hydrogens (tertiary/aromatic N) is 2. The Kier molecular flexibility index (Phi) is 17.5. The summed E-state index contributed by atoms with van der Waals surface area (Å²) in [6, 6.07) is 6.30. The molecule has 2 heterocycles. The first kappa shape index (κ1) is 36.5. The second kappa shape index (κ2) is 21.1. The molecule has 0 spiro atoms. The standard InChI is InChI=1S/C30H44N4O10/c1-30(2,3)44-29(37)34-10-12-40-14-16-42-18-20-43-19-17-41-15-13-39-11-9-33-27(35)23-5-7-31-25(21-23)26-22-24(6-8-32-26)28(36)38-4/h5-8,21-22H,9-20H2,1-4H3,(H,33,35)(H,34,37). The predicted octanol–water partition coefficient (Wildman–Crippen LogP) is 2.27. The summed E-state index contributed by atoms with van der Waals surface area (Å²) in [6.45, 7) is 10.2. The van der Waals surface area contributed by atoms with Gasteiger partial charge < -0.3 is 43.8 Å². The fourth-order valence-electron chi connectivity index (χ4n) is 3.39. The first-order valence-corrected chi connectivity index (χ1v) is 14.3. The molecule has 0 saturated carbocycles. The minimum Gasteiger partial charge on any atom is -0.465 e. The lowest BCUT2D eigenvalue weighted by Gasteiger charge is -2.19. The third-order valence-corrected chi connectivity index (χ3v) is 5.40. The van der Waals surface area contributed by atoms with E-state index in [0.717, 1.165) is 0 Å². The van der Waals surface area contributed by atoms with Crippen LogP contribution in [0.1, 0.15) is 41.5 Å². The number of aromatic nitrogens is 2. The number of pyridine rings is 2. The summed E-state index contributed by atoms with van der Waals surface area (Å²) >= 11 is 0. The van der Waals surface area contributed by atoms with Gasteiger partial charge in [0.05, 0.1) is 90.1 Å². The van der Waals surface area contributed by atoms with Crippen molar-refractivity contribution >= 4 is 18.0 Å². The highest BCUT2D eigenvalue weighted by atomic mass is 16.6. The lowest BCUT2D eigenvalue weighted by molar-refractivity contribution is -0.0107. The van der Waals surface area contributed by atoms with Crippen LogP contribution in [0.5, 0.6) is 0 Å². The molecule has 14 heteroatoms. The van der Waals surface area contributed by atoms with Crippen molar-refractivity contribution in [1.29, 1.82) is 0 Å². The normalized spacial score (nSPS) is 11.2. The molecule has 0 radical (unpaired) electrons. The molecule has 0 bridgehead atoms. The number of esters is 1. The largest absolute Gasteiger partial charge is 0.465 e. The summed E-state index contributed by atoms with van der Waals surface area (Å²) in [5.41, 5.74) is 1.14. The van der Waals surface area contributed by atoms with Crippen molar-refractivity contribution < 1.29 is 47.5 Å². The third kappa shape index (κ3) is 16.2. The minimum absolute atomic E-state index is 0.279. The second-order valence-electron chi connectivity index (χ2n) is 10.1. The molecule has 2 rings (SSSR count). The Morgan fingerprint density at radius 1 is 0.659 bits per heavy atom. The van der Waals surface area contributed by atoms with E-state index in [9.17, 15) is 14.4 Å². The molecular formula is C30H44N4O10. The Morgan fingerprint density at radius 2 is 1.09 bits per heavy atom. The number of hydrogen-bond acceptors (Lipinski definition) is 12. The maximum absolute atomic E-state index is 12.5. The topological polar surface area (TPSA) is 166 Å². The van der Waals surface area contributed by atoms with Crippen molar-refractivity contribution in [3.05, 3.63) is 47.8 Å². The molecule has 0 aromatic carbocycles. The molecule has 0 atom stereocenters. The van der Waals surface area contributed by atoms with Gasteiger partial charge in [0.15, 0.2) is 0 Å². The molecule has 0 aliphatic heterocycles. The fraction of sp³-hybridized carbons (Fsp3) is 0.567. The van der Waals surface area contributed by atoms with Gasteiger partial charge in [-0.3, -0.25) is 14.8 Å². The summed E-state index contributed by atoms with van der Waals surface area (Å²) in [4.78, 5) is 44.3. The van der Waals surface area contributed by atoms with Crippen LogP contribution < -0.4 is 10.6 Å². The van der Waals surface area contributed by atoms with Crippen LogP contribution in [0.2, 0.25) is 0 Å². The zero-order valence-corrected chi connectivity index (χ0v) is 25.9. The van der Waals surface area contributed by atoms with E-state index in [1.54, 1.807) is 45.0 Å². The van der Waals surface area contributed by atoms with Gasteiger partial charge in [-0.15, -0.1) is 0 Å². The lowest BCUT2D eigenvalue weighted by atomic mass is 10.1. The van der Waals surface area contributed by atoms with Crippen molar-refractivity contribution in [3.63, 3.8) is 0 Å². The highest BCUT2D eigenvalue weighted by Gasteiger charge is 2.15. The van der Waals surface area contributed by atoms with Gasteiger partial charge >= 0.3 is 12.1 Å². The Bertz CT molecular complexity index is 1140. The van der Waals surface area contributed by atoms with Crippen LogP contribution in [-0.2, 0) is 33.2 Å². The molecule has 0 unspecified atom stereocenters. The minimum atomic E-state index is -0.525. The van der Waals surface area contributed by atoms with Crippen molar-refractivity contribution in [1.82, 2.24) is 20.6 Å². The van der Waals surface area contributed by atoms with E-state index < -0.39 is 17.7 Å². The van der Waals surface area contributed by atoms with E-state index in [2.05, 4.69) is 20.6 Å². The van der Waals surface area contributed by atoms with Gasteiger partial charge in [-0.1, -0.05) is 0 Å². The average molecular weight is 621 g/mol. The average Bonchev–Trinajstić information content (AvgIpc) is 3.00. The van der Waals surface area contributed by atoms with E-state index in [-0.39, 0.29) is 5.91 Å². The van der Waals surface area contributed by atoms with Gasteiger partial charge in [0.1, 0.15) is 5.60 Å². The first-order valence-electron chi connectivity index (χ1n) is 14.3. The maximum atomic E-state index is 12.5. The SMILES string of the molecule is COC(=O)c1ccnc(-c2cc(C(=O)NCCOCCOCCOCCOCCOCCNC(=O)OC(C)(C)C)ccn2)c1. The Balaban J connectivity index is 1.41. The molecule has 0 aliphatic carbocycles. The quantitative estimate of drug-likeness (QED) is 0.155. The monoisotopic (exact) mass is 620 g/mol. The van der Waals surface area contributed by atoms with E-state index in [0.29, 0.717) is 102 Å². The van der Waals surface area contributed by atoms with Crippen LogP contribution in [0, 0.1) is 0 Å². The highest BCUT2D eigenvalue weighted by Crippen LogP contribution is 2.17. The number of ether oxygens (including phenoxy) is 7. The number of nitrogens with one attached hydrogen (secondary N) is 2. The van der Waals surface area contributed by atoms with Crippen LogP contribution >= 0.6 is 0 Å². The molecule has 2 N–H and O–H groups in total. The Labute approximate surface area is 258 Å². The predicted molar refractivity (Wildman–Crippen MR) is 159 cm³/mol. The number of hydrogen-bond donors (Lipinski definition) is 2. The molecule has 2 aromatic rings. The van der Waals surface area contributed by atoms with Gasteiger partial charge in [0.25, 0.3) is 5.91 Å². The Hall–Kier alpha value is -3.69. The smallest absolute Gasteiger partial charge is 0.407 e. The summed E-state index contributed by atoms with van der Waals surface area (Å²) in [7, 11) is 1.30. The number of alkyl carbamates (subject to hydrolysis) is 1. The second-order valence-corrected chi connectivity index (χ2v) is 10.1. The van der Waals surface area contributed by atoms with Gasteiger partial charge in [-0.05, 0) is 45.0 Å². The zero-order chi connectivity index (χ0) is 32.0. The molecule has 2 amide bonds. The van der Waals surface area contributed by atoms with Gasteiger partial charge in [-0.2, -0.15) is 0 Å². The Morgan fingerprint density at radius 3 is 1.57 bits per heavy atom. The van der Waals surface area contributed by atoms with Crippen molar-refractivity contribution in [3.8, 4) is 11.4 Å². The third-order valence-electron chi connectivity index (χ3n) is 5.40.